The average molecular weight is 237 g/mol. The van der Waals surface area contributed by atoms with Crippen molar-refractivity contribution >= 4 is 5.69 Å². The number of rotatable bonds is 4. The van der Waals surface area contributed by atoms with Crippen molar-refractivity contribution < 1.29 is 14.6 Å². The minimum absolute atomic E-state index is 0.259. The summed E-state index contributed by atoms with van der Waals surface area (Å²) in [7, 11) is 3.31. The average Bonchev–Trinajstić information content (AvgIpc) is 2.86. The summed E-state index contributed by atoms with van der Waals surface area (Å²) in [6.45, 7) is 2.11. The smallest absolute Gasteiger partial charge is 0.145 e. The van der Waals surface area contributed by atoms with E-state index in [4.69, 9.17) is 14.6 Å². The van der Waals surface area contributed by atoms with Crippen molar-refractivity contribution in [1.29, 1.82) is 0 Å². The Labute approximate surface area is 102 Å². The maximum atomic E-state index is 9.16. The first kappa shape index (κ1) is 12.0. The molecule has 0 radical (unpaired) electrons. The van der Waals surface area contributed by atoms with Crippen molar-refractivity contribution in [1.82, 2.24) is 0 Å². The van der Waals surface area contributed by atoms with Crippen LogP contribution >= 0.6 is 0 Å². The summed E-state index contributed by atoms with van der Waals surface area (Å²) in [4.78, 5) is 2.25. The Bertz CT molecular complexity index is 381. The molecule has 0 bridgehead atoms. The molecule has 94 valence electrons. The van der Waals surface area contributed by atoms with Crippen LogP contribution in [-0.2, 0) is 0 Å². The van der Waals surface area contributed by atoms with Crippen molar-refractivity contribution in [3.05, 3.63) is 18.2 Å². The number of hydrogen-bond acceptors (Lipinski definition) is 4. The molecule has 0 spiro atoms. The van der Waals surface area contributed by atoms with Gasteiger partial charge in [-0.15, -0.1) is 0 Å². The zero-order valence-corrected chi connectivity index (χ0v) is 10.3. The van der Waals surface area contributed by atoms with Gasteiger partial charge >= 0.3 is 0 Å². The number of benzene rings is 1. The second-order valence-corrected chi connectivity index (χ2v) is 4.32. The fourth-order valence-electron chi connectivity index (χ4n) is 2.25. The zero-order chi connectivity index (χ0) is 12.3. The third kappa shape index (κ3) is 2.47. The summed E-state index contributed by atoms with van der Waals surface area (Å²) in [5.74, 6) is 1.99. The number of methoxy groups -OCH3 is 2. The molecule has 1 heterocycles. The summed E-state index contributed by atoms with van der Waals surface area (Å²) in [6, 6.07) is 5.84. The van der Waals surface area contributed by atoms with E-state index in [9.17, 15) is 0 Å². The molecule has 1 aliphatic rings. The van der Waals surface area contributed by atoms with Gasteiger partial charge in [-0.25, -0.2) is 0 Å². The highest BCUT2D eigenvalue weighted by atomic mass is 16.5. The summed E-state index contributed by atoms with van der Waals surface area (Å²) >= 11 is 0. The predicted octanol–water partition coefficient (Wildman–Crippen LogP) is 1.52. The first-order chi connectivity index (χ1) is 8.28. The third-order valence-electron chi connectivity index (χ3n) is 3.27. The van der Waals surface area contributed by atoms with Gasteiger partial charge in [-0.05, 0) is 18.6 Å². The molecule has 0 aliphatic carbocycles. The Hall–Kier alpha value is -1.42. The molecule has 0 amide bonds. The molecule has 17 heavy (non-hydrogen) atoms. The van der Waals surface area contributed by atoms with Gasteiger partial charge in [-0.2, -0.15) is 0 Å². The quantitative estimate of drug-likeness (QED) is 0.862. The standard InChI is InChI=1S/C13H19NO3/c1-16-11-3-4-12(13(7-11)17-2)14-6-5-10(8-14)9-15/h3-4,7,10,15H,5-6,8-9H2,1-2H3. The summed E-state index contributed by atoms with van der Waals surface area (Å²) < 4.78 is 10.6. The third-order valence-corrected chi connectivity index (χ3v) is 3.27. The number of aliphatic hydroxyl groups excluding tert-OH is 1. The van der Waals surface area contributed by atoms with Crippen LogP contribution < -0.4 is 14.4 Å². The van der Waals surface area contributed by atoms with Crippen LogP contribution in [0.25, 0.3) is 0 Å². The van der Waals surface area contributed by atoms with Gasteiger partial charge in [-0.1, -0.05) is 0 Å². The topological polar surface area (TPSA) is 41.9 Å². The molecular formula is C13H19NO3. The van der Waals surface area contributed by atoms with Gasteiger partial charge < -0.3 is 19.5 Å². The molecular weight excluding hydrogens is 218 g/mol. The van der Waals surface area contributed by atoms with E-state index in [0.29, 0.717) is 5.92 Å². The Morgan fingerprint density at radius 2 is 2.18 bits per heavy atom. The molecule has 1 aromatic carbocycles. The van der Waals surface area contributed by atoms with Crippen LogP contribution in [0.2, 0.25) is 0 Å². The zero-order valence-electron chi connectivity index (χ0n) is 10.3. The van der Waals surface area contributed by atoms with Gasteiger partial charge in [0, 0.05) is 31.7 Å². The number of anilines is 1. The highest BCUT2D eigenvalue weighted by Gasteiger charge is 2.24. The number of hydrogen-bond donors (Lipinski definition) is 1. The Morgan fingerprint density at radius 1 is 1.35 bits per heavy atom. The van der Waals surface area contributed by atoms with Gasteiger partial charge in [0.15, 0.2) is 0 Å². The van der Waals surface area contributed by atoms with Crippen LogP contribution in [0.15, 0.2) is 18.2 Å². The lowest BCUT2D eigenvalue weighted by Crippen LogP contribution is -2.21. The Balaban J connectivity index is 2.20. The molecule has 4 nitrogen and oxygen atoms in total. The highest BCUT2D eigenvalue weighted by molar-refractivity contribution is 5.61. The van der Waals surface area contributed by atoms with Gasteiger partial charge in [-0.3, -0.25) is 0 Å². The normalized spacial score (nSPS) is 19.5. The molecule has 1 atom stereocenters. The summed E-state index contributed by atoms with van der Waals surface area (Å²) in [5.41, 5.74) is 1.07. The maximum Gasteiger partial charge on any atom is 0.145 e. The fourth-order valence-corrected chi connectivity index (χ4v) is 2.25. The second-order valence-electron chi connectivity index (χ2n) is 4.32. The van der Waals surface area contributed by atoms with E-state index in [1.54, 1.807) is 14.2 Å². The molecule has 2 rings (SSSR count). The van der Waals surface area contributed by atoms with Crippen molar-refractivity contribution in [3.63, 3.8) is 0 Å². The lowest BCUT2D eigenvalue weighted by Gasteiger charge is -2.21. The van der Waals surface area contributed by atoms with Crippen LogP contribution in [0, 0.1) is 5.92 Å². The SMILES string of the molecule is COc1ccc(N2CCC(CO)C2)c(OC)c1. The minimum Gasteiger partial charge on any atom is -0.497 e. The molecule has 1 aliphatic heterocycles. The van der Waals surface area contributed by atoms with Gasteiger partial charge in [0.05, 0.1) is 19.9 Å². The molecule has 1 aromatic rings. The Morgan fingerprint density at radius 3 is 2.76 bits per heavy atom. The lowest BCUT2D eigenvalue weighted by molar-refractivity contribution is 0.238. The van der Waals surface area contributed by atoms with E-state index in [2.05, 4.69) is 4.90 Å². The van der Waals surface area contributed by atoms with Crippen molar-refractivity contribution in [2.75, 3.05) is 38.8 Å². The van der Waals surface area contributed by atoms with E-state index in [0.717, 1.165) is 36.7 Å². The van der Waals surface area contributed by atoms with Crippen LogP contribution in [-0.4, -0.2) is 39.0 Å². The first-order valence-electron chi connectivity index (χ1n) is 5.86. The minimum atomic E-state index is 0.259. The van der Waals surface area contributed by atoms with E-state index < -0.39 is 0 Å². The summed E-state index contributed by atoms with van der Waals surface area (Å²) in [5, 5.41) is 9.16. The molecule has 0 saturated carbocycles. The largest absolute Gasteiger partial charge is 0.497 e. The highest BCUT2D eigenvalue weighted by Crippen LogP contribution is 2.34. The van der Waals surface area contributed by atoms with E-state index in [-0.39, 0.29) is 6.61 Å². The first-order valence-corrected chi connectivity index (χ1v) is 5.86. The number of aliphatic hydroxyl groups is 1. The predicted molar refractivity (Wildman–Crippen MR) is 67.0 cm³/mol. The Kier molecular flexibility index (Phi) is 3.74. The fraction of sp³-hybridized carbons (Fsp3) is 0.538. The van der Waals surface area contributed by atoms with Crippen LogP contribution in [0.5, 0.6) is 11.5 Å². The second kappa shape index (κ2) is 5.27. The van der Waals surface area contributed by atoms with Crippen LogP contribution in [0.3, 0.4) is 0 Å². The number of ether oxygens (including phenoxy) is 2. The van der Waals surface area contributed by atoms with Gasteiger partial charge in [0.1, 0.15) is 11.5 Å². The van der Waals surface area contributed by atoms with Gasteiger partial charge in [0.25, 0.3) is 0 Å². The van der Waals surface area contributed by atoms with Crippen molar-refractivity contribution in [2.45, 2.75) is 6.42 Å². The lowest BCUT2D eigenvalue weighted by atomic mass is 10.1. The van der Waals surface area contributed by atoms with E-state index in [1.165, 1.54) is 0 Å². The van der Waals surface area contributed by atoms with Crippen LogP contribution in [0.1, 0.15) is 6.42 Å². The van der Waals surface area contributed by atoms with Gasteiger partial charge in [0.2, 0.25) is 0 Å². The monoisotopic (exact) mass is 237 g/mol. The molecule has 0 aromatic heterocycles. The molecule has 4 heteroatoms. The van der Waals surface area contributed by atoms with E-state index >= 15 is 0 Å². The molecule has 1 N–H and O–H groups in total. The summed E-state index contributed by atoms with van der Waals surface area (Å²) in [6.07, 6.45) is 1.03. The molecule has 1 unspecified atom stereocenters. The van der Waals surface area contributed by atoms with Crippen molar-refractivity contribution in [3.8, 4) is 11.5 Å². The molecule has 1 saturated heterocycles. The van der Waals surface area contributed by atoms with Crippen molar-refractivity contribution in [2.24, 2.45) is 5.92 Å². The van der Waals surface area contributed by atoms with Crippen LogP contribution in [0.4, 0.5) is 5.69 Å². The number of nitrogens with zero attached hydrogens (tertiary/aromatic N) is 1. The maximum absolute atomic E-state index is 9.16. The molecule has 1 fully saturated rings. The van der Waals surface area contributed by atoms with E-state index in [1.807, 2.05) is 18.2 Å².